The smallest absolute Gasteiger partial charge is 0.224 e. The molecule has 0 spiro atoms. The summed E-state index contributed by atoms with van der Waals surface area (Å²) < 4.78 is 11.7. The maximum atomic E-state index is 5.98. The summed E-state index contributed by atoms with van der Waals surface area (Å²) in [5.74, 6) is 2.26. The van der Waals surface area contributed by atoms with Gasteiger partial charge in [0.1, 0.15) is 0 Å². The summed E-state index contributed by atoms with van der Waals surface area (Å²) in [4.78, 5) is 8.67. The van der Waals surface area contributed by atoms with E-state index in [9.17, 15) is 0 Å². The molecule has 0 saturated carbocycles. The molecule has 134 valence electrons. The average Bonchev–Trinajstić information content (AvgIpc) is 2.65. The molecular formula is C19H26N4O2. The zero-order chi connectivity index (χ0) is 17.9. The number of para-hydroxylation sites is 2. The van der Waals surface area contributed by atoms with Gasteiger partial charge in [-0.05, 0) is 31.0 Å². The van der Waals surface area contributed by atoms with Crippen LogP contribution in [0.1, 0.15) is 32.3 Å². The lowest BCUT2D eigenvalue weighted by Crippen LogP contribution is -2.32. The number of hydrogen-bond acceptors (Lipinski definition) is 4. The molecule has 6 heteroatoms. The average molecular weight is 342 g/mol. The zero-order valence-electron chi connectivity index (χ0n) is 14.9. The van der Waals surface area contributed by atoms with Gasteiger partial charge in [0.05, 0.1) is 13.2 Å². The van der Waals surface area contributed by atoms with Crippen molar-refractivity contribution in [2.45, 2.75) is 33.2 Å². The van der Waals surface area contributed by atoms with Crippen LogP contribution >= 0.6 is 0 Å². The molecule has 0 amide bonds. The Balaban J connectivity index is 2.13. The maximum Gasteiger partial charge on any atom is 0.224 e. The number of rotatable bonds is 9. The van der Waals surface area contributed by atoms with Gasteiger partial charge in [-0.15, -0.1) is 0 Å². The van der Waals surface area contributed by atoms with E-state index in [1.807, 2.05) is 36.4 Å². The third-order valence-electron chi connectivity index (χ3n) is 3.34. The Labute approximate surface area is 149 Å². The van der Waals surface area contributed by atoms with Crippen molar-refractivity contribution in [2.24, 2.45) is 10.7 Å². The number of nitrogens with two attached hydrogens (primary N) is 1. The molecule has 1 aromatic heterocycles. The fourth-order valence-electron chi connectivity index (χ4n) is 2.09. The van der Waals surface area contributed by atoms with Gasteiger partial charge in [-0.3, -0.25) is 0 Å². The number of ether oxygens (including phenoxy) is 2. The molecule has 0 atom stereocenters. The van der Waals surface area contributed by atoms with Crippen LogP contribution in [0.15, 0.2) is 47.6 Å². The van der Waals surface area contributed by atoms with E-state index in [0.29, 0.717) is 36.5 Å². The van der Waals surface area contributed by atoms with Gasteiger partial charge >= 0.3 is 0 Å². The molecule has 0 aliphatic heterocycles. The van der Waals surface area contributed by atoms with Crippen LogP contribution in [0, 0.1) is 0 Å². The monoisotopic (exact) mass is 342 g/mol. The Bertz CT molecular complexity index is 689. The molecule has 1 heterocycles. The summed E-state index contributed by atoms with van der Waals surface area (Å²) in [5, 5.41) is 3.05. The molecule has 0 aliphatic carbocycles. The van der Waals surface area contributed by atoms with Gasteiger partial charge in [0.15, 0.2) is 17.5 Å². The Morgan fingerprint density at radius 2 is 1.92 bits per heavy atom. The van der Waals surface area contributed by atoms with Crippen LogP contribution in [0.25, 0.3) is 0 Å². The maximum absolute atomic E-state index is 5.98. The largest absolute Gasteiger partial charge is 0.490 e. The quantitative estimate of drug-likeness (QED) is 0.538. The first kappa shape index (κ1) is 18.6. The number of nitrogens with one attached hydrogen (secondary N) is 1. The first-order valence-electron chi connectivity index (χ1n) is 8.62. The lowest BCUT2D eigenvalue weighted by atomic mass is 10.2. The van der Waals surface area contributed by atoms with E-state index in [4.69, 9.17) is 15.2 Å². The van der Waals surface area contributed by atoms with Crippen LogP contribution in [-0.4, -0.2) is 24.1 Å². The summed E-state index contributed by atoms with van der Waals surface area (Å²) >= 11 is 0. The molecule has 0 saturated heterocycles. The van der Waals surface area contributed by atoms with Gasteiger partial charge < -0.3 is 20.5 Å². The molecule has 2 aromatic rings. The fourth-order valence-corrected chi connectivity index (χ4v) is 2.09. The van der Waals surface area contributed by atoms with Crippen molar-refractivity contribution < 1.29 is 9.47 Å². The van der Waals surface area contributed by atoms with Crippen molar-refractivity contribution in [3.05, 3.63) is 48.2 Å². The minimum atomic E-state index is 0.393. The van der Waals surface area contributed by atoms with Crippen LogP contribution < -0.4 is 20.5 Å². The summed E-state index contributed by atoms with van der Waals surface area (Å²) in [5.41, 5.74) is 6.70. The van der Waals surface area contributed by atoms with Crippen molar-refractivity contribution in [1.82, 2.24) is 10.3 Å². The number of aromatic nitrogens is 1. The van der Waals surface area contributed by atoms with E-state index < -0.39 is 0 Å². The zero-order valence-corrected chi connectivity index (χ0v) is 14.9. The van der Waals surface area contributed by atoms with E-state index in [-0.39, 0.29) is 0 Å². The second-order valence-electron chi connectivity index (χ2n) is 5.49. The molecule has 0 aliphatic rings. The molecule has 2 rings (SSSR count). The number of aliphatic imine (C=N–C) groups is 1. The molecular weight excluding hydrogens is 316 g/mol. The van der Waals surface area contributed by atoms with Crippen LogP contribution in [-0.2, 0) is 6.54 Å². The van der Waals surface area contributed by atoms with Crippen molar-refractivity contribution in [3.8, 4) is 17.4 Å². The minimum Gasteiger partial charge on any atom is -0.490 e. The second kappa shape index (κ2) is 10.2. The molecule has 0 bridgehead atoms. The van der Waals surface area contributed by atoms with Gasteiger partial charge in [-0.25, -0.2) is 9.98 Å². The highest BCUT2D eigenvalue weighted by Crippen LogP contribution is 2.32. The number of pyridine rings is 1. The molecule has 0 radical (unpaired) electrons. The van der Waals surface area contributed by atoms with E-state index in [1.165, 1.54) is 0 Å². The number of guanidine groups is 1. The predicted octanol–water partition coefficient (Wildman–Crippen LogP) is 3.48. The normalized spacial score (nSPS) is 11.2. The first-order valence-corrected chi connectivity index (χ1v) is 8.62. The molecule has 0 fully saturated rings. The van der Waals surface area contributed by atoms with Crippen LogP contribution in [0.3, 0.4) is 0 Å². The molecule has 1 aromatic carbocycles. The molecule has 6 nitrogen and oxygen atoms in total. The van der Waals surface area contributed by atoms with E-state index in [1.54, 1.807) is 6.20 Å². The lowest BCUT2D eigenvalue weighted by Gasteiger charge is -2.13. The minimum absolute atomic E-state index is 0.393. The summed E-state index contributed by atoms with van der Waals surface area (Å²) in [6.45, 7) is 5.97. The summed E-state index contributed by atoms with van der Waals surface area (Å²) in [6, 6.07) is 11.4. The third kappa shape index (κ3) is 5.99. The van der Waals surface area contributed by atoms with Gasteiger partial charge in [0.25, 0.3) is 0 Å². The Kier molecular flexibility index (Phi) is 7.56. The molecule has 25 heavy (non-hydrogen) atoms. The van der Waals surface area contributed by atoms with Gasteiger partial charge in [0.2, 0.25) is 5.88 Å². The van der Waals surface area contributed by atoms with Crippen molar-refractivity contribution in [3.63, 3.8) is 0 Å². The van der Waals surface area contributed by atoms with Gasteiger partial charge in [-0.1, -0.05) is 32.0 Å². The SMILES string of the molecule is CCCNC(N)=NCc1cccnc1Oc1ccccc1OCCC. The van der Waals surface area contributed by atoms with Crippen LogP contribution in [0.5, 0.6) is 17.4 Å². The van der Waals surface area contributed by atoms with Crippen molar-refractivity contribution in [1.29, 1.82) is 0 Å². The number of nitrogens with zero attached hydrogens (tertiary/aromatic N) is 2. The van der Waals surface area contributed by atoms with Crippen molar-refractivity contribution >= 4 is 5.96 Å². The summed E-state index contributed by atoms with van der Waals surface area (Å²) in [7, 11) is 0. The van der Waals surface area contributed by atoms with Gasteiger partial charge in [0, 0.05) is 18.3 Å². The molecule has 3 N–H and O–H groups in total. The second-order valence-corrected chi connectivity index (χ2v) is 5.49. The van der Waals surface area contributed by atoms with E-state index >= 15 is 0 Å². The Morgan fingerprint density at radius 3 is 2.68 bits per heavy atom. The van der Waals surface area contributed by atoms with E-state index in [2.05, 4.69) is 29.1 Å². The Hall–Kier alpha value is -2.76. The first-order chi connectivity index (χ1) is 12.2. The highest BCUT2D eigenvalue weighted by molar-refractivity contribution is 5.77. The lowest BCUT2D eigenvalue weighted by molar-refractivity contribution is 0.300. The summed E-state index contributed by atoms with van der Waals surface area (Å²) in [6.07, 6.45) is 3.62. The standard InChI is InChI=1S/C19H26N4O2/c1-3-11-22-19(20)23-14-15-8-7-12-21-18(15)25-17-10-6-5-9-16(17)24-13-4-2/h5-10,12H,3-4,11,13-14H2,1-2H3,(H3,20,22,23). The van der Waals surface area contributed by atoms with Gasteiger partial charge in [-0.2, -0.15) is 0 Å². The number of hydrogen-bond donors (Lipinski definition) is 2. The van der Waals surface area contributed by atoms with Crippen LogP contribution in [0.2, 0.25) is 0 Å². The number of benzene rings is 1. The van der Waals surface area contributed by atoms with Crippen molar-refractivity contribution in [2.75, 3.05) is 13.2 Å². The Morgan fingerprint density at radius 1 is 1.12 bits per heavy atom. The predicted molar refractivity (Wildman–Crippen MR) is 100 cm³/mol. The highest BCUT2D eigenvalue weighted by Gasteiger charge is 2.10. The topological polar surface area (TPSA) is 81.8 Å². The van der Waals surface area contributed by atoms with E-state index in [0.717, 1.165) is 24.9 Å². The molecule has 0 unspecified atom stereocenters. The third-order valence-corrected chi connectivity index (χ3v) is 3.34. The van der Waals surface area contributed by atoms with Crippen LogP contribution in [0.4, 0.5) is 0 Å². The fraction of sp³-hybridized carbons (Fsp3) is 0.368. The highest BCUT2D eigenvalue weighted by atomic mass is 16.5.